The Labute approximate surface area is 251 Å². The molecular weight excluding hydrogens is 549 g/mol. The average Bonchev–Trinajstić information content (AvgIpc) is 3.35. The van der Waals surface area contributed by atoms with Gasteiger partial charge in [-0.15, -0.1) is 0 Å². The van der Waals surface area contributed by atoms with Gasteiger partial charge in [-0.25, -0.2) is 4.39 Å². The number of unbranched alkanes of at least 4 members (excludes halogenated alkanes) is 2. The number of fused-ring (bicyclic) bond motifs is 1. The van der Waals surface area contributed by atoms with Gasteiger partial charge < -0.3 is 20.3 Å². The second-order valence-electron chi connectivity index (χ2n) is 13.4. The lowest BCUT2D eigenvalue weighted by Crippen LogP contribution is -2.52. The van der Waals surface area contributed by atoms with E-state index in [1.807, 2.05) is 12.1 Å². The van der Waals surface area contributed by atoms with Crippen molar-refractivity contribution in [3.8, 4) is 5.75 Å². The largest absolute Gasteiger partial charge is 0.506 e. The van der Waals surface area contributed by atoms with E-state index in [0.717, 1.165) is 96.7 Å². The van der Waals surface area contributed by atoms with Crippen LogP contribution in [0.1, 0.15) is 75.3 Å². The number of aryl methyl sites for hydroxylation is 1. The number of H-pyrrole nitrogens is 1. The third kappa shape index (κ3) is 6.91. The maximum atomic E-state index is 13.6. The molecule has 1 aromatic heterocycles. The number of aromatic hydroxyl groups is 1. The summed E-state index contributed by atoms with van der Waals surface area (Å²) in [5.41, 5.74) is 2.92. The van der Waals surface area contributed by atoms with Gasteiger partial charge >= 0.3 is 4.87 Å². The van der Waals surface area contributed by atoms with Gasteiger partial charge in [0.05, 0.1) is 4.70 Å². The Morgan fingerprint density at radius 3 is 2.52 bits per heavy atom. The van der Waals surface area contributed by atoms with Crippen LogP contribution < -0.4 is 10.2 Å². The molecule has 0 aliphatic heterocycles. The molecule has 0 radical (unpaired) electrons. The van der Waals surface area contributed by atoms with E-state index in [1.165, 1.54) is 44.6 Å². The molecule has 0 spiro atoms. The monoisotopic (exact) mass is 593 g/mol. The van der Waals surface area contributed by atoms with Crippen LogP contribution in [0.5, 0.6) is 5.75 Å². The Morgan fingerprint density at radius 1 is 1.02 bits per heavy atom. The minimum absolute atomic E-state index is 0.120. The first-order valence-corrected chi connectivity index (χ1v) is 16.7. The fourth-order valence-corrected chi connectivity index (χ4v) is 9.55. The first kappa shape index (κ1) is 29.4. The Kier molecular flexibility index (Phi) is 9.01. The van der Waals surface area contributed by atoms with Crippen molar-refractivity contribution in [1.82, 2.24) is 15.2 Å². The van der Waals surface area contributed by atoms with Crippen LogP contribution in [-0.2, 0) is 17.6 Å². The van der Waals surface area contributed by atoms with Crippen molar-refractivity contribution in [2.75, 3.05) is 26.2 Å². The van der Waals surface area contributed by atoms with E-state index in [9.17, 15) is 19.1 Å². The van der Waals surface area contributed by atoms with Crippen LogP contribution in [0.2, 0.25) is 0 Å². The minimum Gasteiger partial charge on any atom is -0.506 e. The number of nitrogens with one attached hydrogen (secondary N) is 2. The number of nitrogens with zero attached hydrogens (tertiary/aromatic N) is 1. The Morgan fingerprint density at radius 2 is 1.79 bits per heavy atom. The van der Waals surface area contributed by atoms with Gasteiger partial charge in [-0.3, -0.25) is 9.59 Å². The summed E-state index contributed by atoms with van der Waals surface area (Å²) in [6.45, 7) is 3.08. The lowest BCUT2D eigenvalue weighted by atomic mass is 9.49. The Balaban J connectivity index is 1.02. The topological polar surface area (TPSA) is 85.4 Å². The van der Waals surface area contributed by atoms with Gasteiger partial charge in [-0.05, 0) is 123 Å². The average molecular weight is 594 g/mol. The van der Waals surface area contributed by atoms with Crippen LogP contribution in [0, 0.1) is 29.0 Å². The van der Waals surface area contributed by atoms with Crippen molar-refractivity contribution < 1.29 is 14.3 Å². The predicted octanol–water partition coefficient (Wildman–Crippen LogP) is 6.41. The quantitative estimate of drug-likeness (QED) is 0.189. The highest BCUT2D eigenvalue weighted by atomic mass is 32.1. The number of carbonyl (C=O) groups excluding carboxylic acids is 1. The predicted molar refractivity (Wildman–Crippen MR) is 166 cm³/mol. The number of thiazole rings is 1. The van der Waals surface area contributed by atoms with Crippen molar-refractivity contribution in [2.45, 2.75) is 77.0 Å². The summed E-state index contributed by atoms with van der Waals surface area (Å²) < 4.78 is 14.3. The molecule has 4 aliphatic carbocycles. The van der Waals surface area contributed by atoms with Crippen LogP contribution in [0.15, 0.2) is 41.2 Å². The molecule has 1 amide bonds. The molecule has 4 bridgehead atoms. The molecule has 3 aromatic rings. The van der Waals surface area contributed by atoms with Gasteiger partial charge in [0.2, 0.25) is 5.91 Å². The number of hydrogen-bond acceptors (Lipinski definition) is 5. The van der Waals surface area contributed by atoms with Crippen molar-refractivity contribution in [2.24, 2.45) is 23.2 Å². The van der Waals surface area contributed by atoms with Gasteiger partial charge in [-0.2, -0.15) is 0 Å². The third-order valence-electron chi connectivity index (χ3n) is 10.1. The summed E-state index contributed by atoms with van der Waals surface area (Å²) in [6, 6.07) is 10.3. The maximum absolute atomic E-state index is 13.6. The molecule has 4 aliphatic rings. The van der Waals surface area contributed by atoms with E-state index in [1.54, 1.807) is 18.2 Å². The van der Waals surface area contributed by atoms with E-state index in [-0.39, 0.29) is 22.3 Å². The lowest BCUT2D eigenvalue weighted by Gasteiger charge is -2.58. The van der Waals surface area contributed by atoms with E-state index in [2.05, 4.69) is 15.2 Å². The molecule has 7 rings (SSSR count). The van der Waals surface area contributed by atoms with Crippen molar-refractivity contribution in [3.05, 3.63) is 63.0 Å². The SMILES string of the molecule is O=C(CCNCCc1cccc(F)c1)N(CCCCCc1ccc(O)c2[nH]c(=O)sc12)CC12CC3CC(CC(C3)C1)C2. The summed E-state index contributed by atoms with van der Waals surface area (Å²) in [6.07, 6.45) is 13.2. The summed E-state index contributed by atoms with van der Waals surface area (Å²) in [4.78, 5) is 30.2. The minimum atomic E-state index is -0.207. The Bertz CT molecular complexity index is 1410. The molecule has 6 nitrogen and oxygen atoms in total. The molecule has 0 atom stereocenters. The zero-order valence-corrected chi connectivity index (χ0v) is 25.3. The highest BCUT2D eigenvalue weighted by Crippen LogP contribution is 2.60. The number of aromatic amines is 1. The first-order chi connectivity index (χ1) is 20.4. The molecule has 0 unspecified atom stereocenters. The number of phenols is 1. The molecule has 0 saturated heterocycles. The van der Waals surface area contributed by atoms with Crippen LogP contribution >= 0.6 is 11.3 Å². The highest BCUT2D eigenvalue weighted by Gasteiger charge is 2.51. The van der Waals surface area contributed by atoms with Crippen LogP contribution in [0.25, 0.3) is 10.2 Å². The summed E-state index contributed by atoms with van der Waals surface area (Å²) in [5.74, 6) is 2.76. The van der Waals surface area contributed by atoms with Gasteiger partial charge in [0.1, 0.15) is 17.1 Å². The standard InChI is InChI=1S/C34H44FN3O3S/c35-28-7-4-5-23(18-28)10-12-36-13-11-30(40)38(22-34-19-24-15-25(20-34)17-26(16-24)21-34)14-3-1-2-6-27-8-9-29(39)31-32(27)42-33(41)37-31/h4-5,7-9,18,24-26,36,39H,1-3,6,10-17,19-22H2,(H,37,41). The zero-order valence-electron chi connectivity index (χ0n) is 24.5. The number of phenolic OH excluding ortho intramolecular Hbond substituents is 1. The molecule has 3 N–H and O–H groups in total. The number of carbonyl (C=O) groups is 1. The summed E-state index contributed by atoms with van der Waals surface area (Å²) in [7, 11) is 0. The highest BCUT2D eigenvalue weighted by molar-refractivity contribution is 7.16. The fourth-order valence-electron chi connectivity index (χ4n) is 8.65. The van der Waals surface area contributed by atoms with Gasteiger partial charge in [0.25, 0.3) is 0 Å². The zero-order chi connectivity index (χ0) is 29.1. The maximum Gasteiger partial charge on any atom is 0.305 e. The molecule has 2 aromatic carbocycles. The summed E-state index contributed by atoms with van der Waals surface area (Å²) in [5, 5.41) is 13.5. The normalized spacial score (nSPS) is 24.5. The Hall–Kier alpha value is -2.71. The molecule has 42 heavy (non-hydrogen) atoms. The molecule has 4 saturated carbocycles. The number of rotatable bonds is 14. The third-order valence-corrected chi connectivity index (χ3v) is 11.0. The second kappa shape index (κ2) is 12.9. The van der Waals surface area contributed by atoms with Crippen LogP contribution in [-0.4, -0.2) is 47.1 Å². The van der Waals surface area contributed by atoms with Crippen molar-refractivity contribution >= 4 is 27.5 Å². The molecule has 8 heteroatoms. The van der Waals surface area contributed by atoms with Gasteiger partial charge in [0.15, 0.2) is 0 Å². The van der Waals surface area contributed by atoms with Gasteiger partial charge in [0, 0.05) is 26.1 Å². The number of hydrogen-bond donors (Lipinski definition) is 3. The van der Waals surface area contributed by atoms with E-state index < -0.39 is 0 Å². The summed E-state index contributed by atoms with van der Waals surface area (Å²) >= 11 is 1.16. The molecule has 1 heterocycles. The fraction of sp³-hybridized carbons (Fsp3) is 0.588. The molecule has 226 valence electrons. The number of halogens is 1. The number of aromatic nitrogens is 1. The van der Waals surface area contributed by atoms with Crippen LogP contribution in [0.4, 0.5) is 4.39 Å². The smallest absolute Gasteiger partial charge is 0.305 e. The first-order valence-electron chi connectivity index (χ1n) is 15.9. The lowest BCUT2D eigenvalue weighted by molar-refractivity contribution is -0.137. The number of amides is 1. The number of benzene rings is 2. The van der Waals surface area contributed by atoms with E-state index in [0.29, 0.717) is 23.9 Å². The molecule has 4 fully saturated rings. The van der Waals surface area contributed by atoms with E-state index >= 15 is 0 Å². The molecular formula is C34H44FN3O3S. The van der Waals surface area contributed by atoms with Crippen LogP contribution in [0.3, 0.4) is 0 Å². The second-order valence-corrected chi connectivity index (χ2v) is 14.4. The van der Waals surface area contributed by atoms with E-state index in [4.69, 9.17) is 0 Å². The van der Waals surface area contributed by atoms with Crippen molar-refractivity contribution in [3.63, 3.8) is 0 Å². The van der Waals surface area contributed by atoms with Gasteiger partial charge in [-0.1, -0.05) is 36.0 Å². The van der Waals surface area contributed by atoms with Crippen molar-refractivity contribution in [1.29, 1.82) is 0 Å².